The van der Waals surface area contributed by atoms with Crippen LogP contribution in [-0.4, -0.2) is 42.2 Å². The van der Waals surface area contributed by atoms with E-state index in [4.69, 9.17) is 14.2 Å². The van der Waals surface area contributed by atoms with Crippen LogP contribution in [0.2, 0.25) is 0 Å². The van der Waals surface area contributed by atoms with Gasteiger partial charge in [0.05, 0.1) is 32.7 Å². The Morgan fingerprint density at radius 2 is 1.42 bits per heavy atom. The van der Waals surface area contributed by atoms with Crippen molar-refractivity contribution in [3.05, 3.63) is 42.2 Å². The Labute approximate surface area is 180 Å². The van der Waals surface area contributed by atoms with Crippen LogP contribution in [0.25, 0.3) is 0 Å². The number of nitrogens with zero attached hydrogens (tertiary/aromatic N) is 3. The van der Waals surface area contributed by atoms with E-state index in [1.54, 1.807) is 46.5 Å². The van der Waals surface area contributed by atoms with Gasteiger partial charge in [-0.1, -0.05) is 12.1 Å². The first-order valence-corrected chi connectivity index (χ1v) is 9.36. The lowest BCUT2D eigenvalue weighted by Gasteiger charge is -2.15. The first-order chi connectivity index (χ1) is 14.9. The molecule has 0 fully saturated rings. The topological polar surface area (TPSA) is 120 Å². The maximum Gasteiger partial charge on any atom is 0.232 e. The predicted octanol–water partition coefficient (Wildman–Crippen LogP) is 3.65. The Morgan fingerprint density at radius 3 is 1.97 bits per heavy atom. The molecule has 0 spiro atoms. The van der Waals surface area contributed by atoms with Gasteiger partial charge in [0.2, 0.25) is 23.6 Å². The summed E-state index contributed by atoms with van der Waals surface area (Å²) in [6.07, 6.45) is 0. The summed E-state index contributed by atoms with van der Waals surface area (Å²) in [5.74, 6) is 2.45. The number of carbonyl (C=O) groups excluding carboxylic acids is 1. The van der Waals surface area contributed by atoms with Crippen molar-refractivity contribution in [1.29, 1.82) is 0 Å². The highest BCUT2D eigenvalue weighted by Gasteiger charge is 2.15. The highest BCUT2D eigenvalue weighted by atomic mass is 16.5. The molecule has 0 unspecified atom stereocenters. The molecule has 1 aromatic heterocycles. The second-order valence-corrected chi connectivity index (χ2v) is 6.42. The Balaban J connectivity index is 1.90. The standard InChI is InChI=1S/C21H24N6O4/c1-12-22-20(25-14-10-17(29-3)19(31-5)18(11-14)30-4)27-21(23-12)26-16-9-7-6-8-15(16)24-13(2)28/h6-11H,1-5H3,(H,24,28)(H2,22,23,25,26,27). The summed E-state index contributed by atoms with van der Waals surface area (Å²) in [6, 6.07) is 10.8. The largest absolute Gasteiger partial charge is 0.493 e. The van der Waals surface area contributed by atoms with Crippen molar-refractivity contribution in [2.24, 2.45) is 0 Å². The van der Waals surface area contributed by atoms with Gasteiger partial charge in [-0.05, 0) is 19.1 Å². The van der Waals surface area contributed by atoms with E-state index in [0.29, 0.717) is 52.0 Å². The minimum absolute atomic E-state index is 0.175. The van der Waals surface area contributed by atoms with Crippen LogP contribution in [0.15, 0.2) is 36.4 Å². The van der Waals surface area contributed by atoms with Gasteiger partial charge >= 0.3 is 0 Å². The smallest absolute Gasteiger partial charge is 0.232 e. The molecule has 31 heavy (non-hydrogen) atoms. The van der Waals surface area contributed by atoms with Crippen molar-refractivity contribution < 1.29 is 19.0 Å². The van der Waals surface area contributed by atoms with Crippen LogP contribution in [0.5, 0.6) is 17.2 Å². The minimum Gasteiger partial charge on any atom is -0.493 e. The molecular weight excluding hydrogens is 400 g/mol. The summed E-state index contributed by atoms with van der Waals surface area (Å²) in [5.41, 5.74) is 1.92. The fourth-order valence-corrected chi connectivity index (χ4v) is 2.89. The van der Waals surface area contributed by atoms with Crippen molar-refractivity contribution >= 4 is 34.9 Å². The third-order valence-corrected chi connectivity index (χ3v) is 4.15. The molecule has 3 rings (SSSR count). The molecule has 1 heterocycles. The maximum absolute atomic E-state index is 11.5. The number of ether oxygens (including phenoxy) is 3. The summed E-state index contributed by atoms with van der Waals surface area (Å²) < 4.78 is 16.1. The summed E-state index contributed by atoms with van der Waals surface area (Å²) in [7, 11) is 4.63. The van der Waals surface area contributed by atoms with Crippen molar-refractivity contribution in [3.8, 4) is 17.2 Å². The molecule has 162 valence electrons. The second kappa shape index (κ2) is 9.61. The quantitative estimate of drug-likeness (QED) is 0.498. The fourth-order valence-electron chi connectivity index (χ4n) is 2.89. The average Bonchev–Trinajstić information content (AvgIpc) is 2.73. The first-order valence-electron chi connectivity index (χ1n) is 9.36. The Morgan fingerprint density at radius 1 is 0.839 bits per heavy atom. The van der Waals surface area contributed by atoms with Crippen LogP contribution < -0.4 is 30.2 Å². The van der Waals surface area contributed by atoms with Gasteiger partial charge in [-0.3, -0.25) is 4.79 Å². The van der Waals surface area contributed by atoms with Gasteiger partial charge < -0.3 is 30.2 Å². The highest BCUT2D eigenvalue weighted by Crippen LogP contribution is 2.40. The molecule has 10 nitrogen and oxygen atoms in total. The molecule has 0 aliphatic carbocycles. The lowest BCUT2D eigenvalue weighted by atomic mass is 10.2. The predicted molar refractivity (Wildman–Crippen MR) is 118 cm³/mol. The van der Waals surface area contributed by atoms with Gasteiger partial charge in [0.15, 0.2) is 11.5 Å². The molecule has 0 bridgehead atoms. The molecule has 2 aromatic carbocycles. The van der Waals surface area contributed by atoms with Gasteiger partial charge in [0.25, 0.3) is 0 Å². The number of hydrogen-bond donors (Lipinski definition) is 3. The van der Waals surface area contributed by atoms with Crippen LogP contribution in [0, 0.1) is 6.92 Å². The Hall–Kier alpha value is -4.08. The zero-order chi connectivity index (χ0) is 22.4. The van der Waals surface area contributed by atoms with Crippen molar-refractivity contribution in [2.75, 3.05) is 37.3 Å². The molecule has 0 saturated carbocycles. The number of rotatable bonds is 8. The van der Waals surface area contributed by atoms with E-state index in [-0.39, 0.29) is 5.91 Å². The number of aryl methyl sites for hydroxylation is 1. The van der Waals surface area contributed by atoms with Crippen LogP contribution in [0.1, 0.15) is 12.7 Å². The molecule has 3 aromatic rings. The summed E-state index contributed by atoms with van der Waals surface area (Å²) in [6.45, 7) is 3.20. The van der Waals surface area contributed by atoms with Gasteiger partial charge in [-0.25, -0.2) is 0 Å². The molecule has 3 N–H and O–H groups in total. The van der Waals surface area contributed by atoms with E-state index in [0.717, 1.165) is 0 Å². The highest BCUT2D eigenvalue weighted by molar-refractivity contribution is 5.93. The van der Waals surface area contributed by atoms with Crippen molar-refractivity contribution in [1.82, 2.24) is 15.0 Å². The number of para-hydroxylation sites is 2. The summed E-state index contributed by atoms with van der Waals surface area (Å²) in [4.78, 5) is 24.6. The third-order valence-electron chi connectivity index (χ3n) is 4.15. The number of benzene rings is 2. The van der Waals surface area contributed by atoms with Crippen LogP contribution in [-0.2, 0) is 4.79 Å². The number of anilines is 5. The lowest BCUT2D eigenvalue weighted by molar-refractivity contribution is -0.114. The molecule has 0 aliphatic heterocycles. The van der Waals surface area contributed by atoms with Crippen LogP contribution in [0.4, 0.5) is 29.0 Å². The molecule has 10 heteroatoms. The summed E-state index contributed by atoms with van der Waals surface area (Å²) in [5, 5.41) is 9.02. The Bertz CT molecular complexity index is 1060. The zero-order valence-electron chi connectivity index (χ0n) is 17.9. The van der Waals surface area contributed by atoms with E-state index >= 15 is 0 Å². The zero-order valence-corrected chi connectivity index (χ0v) is 17.9. The SMILES string of the molecule is COc1cc(Nc2nc(C)nc(Nc3ccccc3NC(C)=O)n2)cc(OC)c1OC. The number of carbonyl (C=O) groups is 1. The van der Waals surface area contributed by atoms with E-state index in [9.17, 15) is 4.79 Å². The number of hydrogen-bond acceptors (Lipinski definition) is 9. The van der Waals surface area contributed by atoms with Crippen molar-refractivity contribution in [3.63, 3.8) is 0 Å². The van der Waals surface area contributed by atoms with Gasteiger partial charge in [0.1, 0.15) is 5.82 Å². The number of aromatic nitrogens is 3. The molecule has 1 amide bonds. The molecule has 0 aliphatic rings. The number of amides is 1. The fraction of sp³-hybridized carbons (Fsp3) is 0.238. The first kappa shape index (κ1) is 21.6. The monoisotopic (exact) mass is 424 g/mol. The molecule has 0 radical (unpaired) electrons. The van der Waals surface area contributed by atoms with E-state index in [1.807, 2.05) is 18.2 Å². The average molecular weight is 424 g/mol. The maximum atomic E-state index is 11.5. The summed E-state index contributed by atoms with van der Waals surface area (Å²) >= 11 is 0. The number of nitrogens with one attached hydrogen (secondary N) is 3. The minimum atomic E-state index is -0.175. The van der Waals surface area contributed by atoms with Crippen LogP contribution in [0.3, 0.4) is 0 Å². The number of methoxy groups -OCH3 is 3. The van der Waals surface area contributed by atoms with Crippen LogP contribution >= 0.6 is 0 Å². The third kappa shape index (κ3) is 5.30. The van der Waals surface area contributed by atoms with E-state index < -0.39 is 0 Å². The van der Waals surface area contributed by atoms with E-state index in [1.165, 1.54) is 6.92 Å². The molecular formula is C21H24N6O4. The van der Waals surface area contributed by atoms with Gasteiger partial charge in [-0.15, -0.1) is 0 Å². The normalized spacial score (nSPS) is 10.2. The molecule has 0 atom stereocenters. The Kier molecular flexibility index (Phi) is 6.71. The van der Waals surface area contributed by atoms with E-state index in [2.05, 4.69) is 30.9 Å². The second-order valence-electron chi connectivity index (χ2n) is 6.42. The molecule has 0 saturated heterocycles. The van der Waals surface area contributed by atoms with Crippen molar-refractivity contribution in [2.45, 2.75) is 13.8 Å². The van der Waals surface area contributed by atoms with Gasteiger partial charge in [0, 0.05) is 24.7 Å². The van der Waals surface area contributed by atoms with Gasteiger partial charge in [-0.2, -0.15) is 15.0 Å². The lowest BCUT2D eigenvalue weighted by Crippen LogP contribution is -2.10.